The maximum atomic E-state index is 14.2. The Balaban J connectivity index is 1.42. The Bertz CT molecular complexity index is 1090. The third-order valence-corrected chi connectivity index (χ3v) is 5.92. The van der Waals surface area contributed by atoms with Gasteiger partial charge >= 0.3 is 0 Å². The van der Waals surface area contributed by atoms with E-state index in [4.69, 9.17) is 28.6 Å². The molecular weight excluding hydrogens is 414 g/mol. The summed E-state index contributed by atoms with van der Waals surface area (Å²) in [7, 11) is 0. The molecule has 0 aliphatic carbocycles. The fourth-order valence-electron chi connectivity index (χ4n) is 3.84. The highest BCUT2D eigenvalue weighted by Gasteiger charge is 2.24. The lowest BCUT2D eigenvalue weighted by atomic mass is 9.97. The van der Waals surface area contributed by atoms with Gasteiger partial charge in [0.05, 0.1) is 17.1 Å². The average Bonchev–Trinajstić information content (AvgIpc) is 2.68. The van der Waals surface area contributed by atoms with Gasteiger partial charge in [-0.3, -0.25) is 0 Å². The topological polar surface area (TPSA) is 28.3 Å². The molecule has 152 valence electrons. The lowest BCUT2D eigenvalue weighted by Crippen LogP contribution is -2.36. The number of aryl methyl sites for hydroxylation is 1. The molecule has 29 heavy (non-hydrogen) atoms. The quantitative estimate of drug-likeness (QED) is 0.479. The van der Waals surface area contributed by atoms with Crippen LogP contribution in [0.5, 0.6) is 5.75 Å². The van der Waals surface area contributed by atoms with Crippen LogP contribution in [0, 0.1) is 29.1 Å². The average molecular weight is 435 g/mol. The Labute approximate surface area is 178 Å². The molecule has 3 nitrogen and oxygen atoms in total. The van der Waals surface area contributed by atoms with Gasteiger partial charge in [-0.15, -0.1) is 0 Å². The van der Waals surface area contributed by atoms with E-state index >= 15 is 0 Å². The van der Waals surface area contributed by atoms with Gasteiger partial charge in [0, 0.05) is 18.5 Å². The molecule has 1 aromatic heterocycles. The van der Waals surface area contributed by atoms with E-state index in [2.05, 4.69) is 4.98 Å². The SMILES string of the molecule is Cc1cc(F)c(N2CCC(COc3ccc(Cl)c4[nH]c(=S)ccc34)CC2)c(F)c1. The number of anilines is 1. The lowest BCUT2D eigenvalue weighted by molar-refractivity contribution is 0.224. The fourth-order valence-corrected chi connectivity index (χ4v) is 4.22. The molecule has 0 atom stereocenters. The number of hydrogen-bond acceptors (Lipinski definition) is 3. The van der Waals surface area contributed by atoms with E-state index in [0.29, 0.717) is 40.8 Å². The molecule has 0 spiro atoms. The minimum absolute atomic E-state index is 0.0777. The number of hydrogen-bond donors (Lipinski definition) is 1. The van der Waals surface area contributed by atoms with Crippen LogP contribution in [0.25, 0.3) is 10.9 Å². The van der Waals surface area contributed by atoms with Crippen LogP contribution in [0.3, 0.4) is 0 Å². The first kappa shape index (κ1) is 20.1. The number of pyridine rings is 1. The summed E-state index contributed by atoms with van der Waals surface area (Å²) in [5, 5.41) is 1.47. The first-order chi connectivity index (χ1) is 13.9. The number of nitrogens with zero attached hydrogens (tertiary/aromatic N) is 1. The minimum atomic E-state index is -0.498. The van der Waals surface area contributed by atoms with Gasteiger partial charge in [-0.05, 0) is 67.6 Å². The third kappa shape index (κ3) is 4.23. The van der Waals surface area contributed by atoms with Gasteiger partial charge in [-0.2, -0.15) is 0 Å². The van der Waals surface area contributed by atoms with Crippen molar-refractivity contribution in [2.45, 2.75) is 19.8 Å². The zero-order valence-corrected chi connectivity index (χ0v) is 17.5. The van der Waals surface area contributed by atoms with E-state index in [1.165, 1.54) is 12.1 Å². The number of nitrogens with one attached hydrogen (secondary N) is 1. The number of aromatic nitrogens is 1. The number of aromatic amines is 1. The zero-order valence-electron chi connectivity index (χ0n) is 16.0. The van der Waals surface area contributed by atoms with Crippen LogP contribution in [-0.4, -0.2) is 24.7 Å². The van der Waals surface area contributed by atoms with Crippen LogP contribution in [0.4, 0.5) is 14.5 Å². The largest absolute Gasteiger partial charge is 0.493 e. The predicted molar refractivity (Wildman–Crippen MR) is 116 cm³/mol. The molecule has 1 N–H and O–H groups in total. The summed E-state index contributed by atoms with van der Waals surface area (Å²) in [6.45, 7) is 3.42. The normalized spacial score (nSPS) is 15.1. The summed E-state index contributed by atoms with van der Waals surface area (Å²) in [6, 6.07) is 10.1. The number of piperidine rings is 1. The molecule has 0 bridgehead atoms. The molecule has 0 radical (unpaired) electrons. The smallest absolute Gasteiger partial charge is 0.149 e. The van der Waals surface area contributed by atoms with Gasteiger partial charge in [-0.25, -0.2) is 8.78 Å². The van der Waals surface area contributed by atoms with Crippen molar-refractivity contribution in [2.24, 2.45) is 5.92 Å². The molecule has 2 heterocycles. The second-order valence-electron chi connectivity index (χ2n) is 7.48. The molecule has 1 aliphatic rings. The maximum Gasteiger partial charge on any atom is 0.149 e. The Hall–Kier alpha value is -2.18. The Morgan fingerprint density at radius 1 is 1.14 bits per heavy atom. The third-order valence-electron chi connectivity index (χ3n) is 5.37. The van der Waals surface area contributed by atoms with Gasteiger partial charge in [-0.1, -0.05) is 23.8 Å². The van der Waals surface area contributed by atoms with Gasteiger partial charge in [0.15, 0.2) is 0 Å². The monoisotopic (exact) mass is 434 g/mol. The number of rotatable bonds is 4. The number of ether oxygens (including phenoxy) is 1. The number of fused-ring (bicyclic) bond motifs is 1. The van der Waals surface area contributed by atoms with Crippen molar-refractivity contribution in [2.75, 3.05) is 24.6 Å². The van der Waals surface area contributed by atoms with E-state index in [9.17, 15) is 8.78 Å². The molecular formula is C22H21ClF2N2OS. The van der Waals surface area contributed by atoms with Gasteiger partial charge in [0.25, 0.3) is 0 Å². The highest BCUT2D eigenvalue weighted by atomic mass is 35.5. The van der Waals surface area contributed by atoms with Gasteiger partial charge in [0.2, 0.25) is 0 Å². The van der Waals surface area contributed by atoms with Crippen molar-refractivity contribution in [3.8, 4) is 5.75 Å². The standard InChI is InChI=1S/C22H21ClF2N2OS/c1-13-10-17(24)22(18(25)11-13)27-8-6-14(7-9-27)12-28-19-4-3-16(23)21-15(19)2-5-20(29)26-21/h2-5,10-11,14H,6-9,12H2,1H3,(H,26,29). The molecule has 1 saturated heterocycles. The van der Waals surface area contributed by atoms with Crippen molar-refractivity contribution in [1.82, 2.24) is 4.98 Å². The molecule has 7 heteroatoms. The van der Waals surface area contributed by atoms with Crippen LogP contribution in [-0.2, 0) is 0 Å². The summed E-state index contributed by atoms with van der Waals surface area (Å²) >= 11 is 11.4. The summed E-state index contributed by atoms with van der Waals surface area (Å²) in [5.41, 5.74) is 1.42. The van der Waals surface area contributed by atoms with Crippen LogP contribution < -0.4 is 9.64 Å². The maximum absolute atomic E-state index is 14.2. The lowest BCUT2D eigenvalue weighted by Gasteiger charge is -2.34. The van der Waals surface area contributed by atoms with Crippen molar-refractivity contribution in [3.05, 3.63) is 63.3 Å². The summed E-state index contributed by atoms with van der Waals surface area (Å²) in [6.07, 6.45) is 1.61. The molecule has 0 amide bonds. The number of benzene rings is 2. The van der Waals surface area contributed by atoms with E-state index < -0.39 is 11.6 Å². The van der Waals surface area contributed by atoms with Gasteiger partial charge < -0.3 is 14.6 Å². The summed E-state index contributed by atoms with van der Waals surface area (Å²) in [4.78, 5) is 4.89. The van der Waals surface area contributed by atoms with Crippen molar-refractivity contribution in [1.29, 1.82) is 0 Å². The summed E-state index contributed by atoms with van der Waals surface area (Å²) in [5.74, 6) is 0.0637. The Kier molecular flexibility index (Phi) is 5.74. The Morgan fingerprint density at radius 3 is 2.52 bits per heavy atom. The second kappa shape index (κ2) is 8.28. The van der Waals surface area contributed by atoms with Crippen molar-refractivity contribution in [3.63, 3.8) is 0 Å². The molecule has 2 aromatic carbocycles. The summed E-state index contributed by atoms with van der Waals surface area (Å²) < 4.78 is 35.2. The first-order valence-electron chi connectivity index (χ1n) is 9.57. The van der Waals surface area contributed by atoms with Crippen LogP contribution >= 0.6 is 23.8 Å². The highest BCUT2D eigenvalue weighted by Crippen LogP contribution is 2.32. The highest BCUT2D eigenvalue weighted by molar-refractivity contribution is 7.71. The van der Waals surface area contributed by atoms with E-state index in [-0.39, 0.29) is 5.69 Å². The molecule has 4 rings (SSSR count). The molecule has 1 aliphatic heterocycles. The number of halogens is 3. The zero-order chi connectivity index (χ0) is 20.5. The minimum Gasteiger partial charge on any atom is -0.493 e. The van der Waals surface area contributed by atoms with Crippen LogP contribution in [0.15, 0.2) is 36.4 Å². The molecule has 1 fully saturated rings. The van der Waals surface area contributed by atoms with E-state index in [1.807, 2.05) is 18.2 Å². The van der Waals surface area contributed by atoms with Gasteiger partial charge in [0.1, 0.15) is 27.7 Å². The van der Waals surface area contributed by atoms with Crippen LogP contribution in [0.2, 0.25) is 5.02 Å². The molecule has 0 unspecified atom stereocenters. The Morgan fingerprint density at radius 2 is 1.83 bits per heavy atom. The van der Waals surface area contributed by atoms with E-state index in [1.54, 1.807) is 17.9 Å². The second-order valence-corrected chi connectivity index (χ2v) is 8.32. The number of H-pyrrole nitrogens is 1. The van der Waals surface area contributed by atoms with E-state index in [0.717, 1.165) is 29.5 Å². The molecule has 0 saturated carbocycles. The van der Waals surface area contributed by atoms with Crippen molar-refractivity contribution < 1.29 is 13.5 Å². The molecule has 3 aromatic rings. The van der Waals surface area contributed by atoms with Crippen LogP contribution in [0.1, 0.15) is 18.4 Å². The fraction of sp³-hybridized carbons (Fsp3) is 0.318. The first-order valence-corrected chi connectivity index (χ1v) is 10.4. The van der Waals surface area contributed by atoms with Crippen molar-refractivity contribution >= 4 is 40.4 Å². The predicted octanol–water partition coefficient (Wildman–Crippen LogP) is 6.43.